The van der Waals surface area contributed by atoms with Gasteiger partial charge in [0.05, 0.1) is 23.4 Å². The lowest BCUT2D eigenvalue weighted by Gasteiger charge is -2.54. The lowest BCUT2D eigenvalue weighted by Crippen LogP contribution is -2.53. The lowest BCUT2D eigenvalue weighted by atomic mass is 9.54. The minimum absolute atomic E-state index is 0.122. The first kappa shape index (κ1) is 22.7. The van der Waals surface area contributed by atoms with E-state index in [9.17, 15) is 9.18 Å². The minimum Gasteiger partial charge on any atom is -0.464 e. The summed E-state index contributed by atoms with van der Waals surface area (Å²) in [4.78, 5) is 21.8. The zero-order valence-corrected chi connectivity index (χ0v) is 20.3. The largest absolute Gasteiger partial charge is 0.464 e. The van der Waals surface area contributed by atoms with E-state index in [2.05, 4.69) is 15.3 Å². The summed E-state index contributed by atoms with van der Waals surface area (Å²) >= 11 is 0. The molecule has 4 aromatic rings. The molecule has 0 aliphatic heterocycles. The van der Waals surface area contributed by atoms with E-state index in [0.29, 0.717) is 41.0 Å². The van der Waals surface area contributed by atoms with Crippen molar-refractivity contribution in [3.05, 3.63) is 77.9 Å². The minimum atomic E-state index is -0.318. The second kappa shape index (κ2) is 9.04. The Morgan fingerprint density at radius 3 is 2.67 bits per heavy atom. The number of halogens is 1. The zero-order chi connectivity index (χ0) is 24.7. The Kier molecular flexibility index (Phi) is 5.70. The molecular formula is C29H29FN4O2. The maximum absolute atomic E-state index is 14.6. The van der Waals surface area contributed by atoms with E-state index in [4.69, 9.17) is 4.74 Å². The molecule has 7 heteroatoms. The standard InChI is InChI=1S/C29H29FN4O2/c1-2-36-28-31-14-10-25(33-28)20-6-4-19(5-7-20)18-34-15-11-22-24(30)9-8-23(26(22)34)27(35)32-21-16-29(17-21)12-3-13-29/h4-11,14-15,21H,2-3,12-13,16-18H2,1H3,(H,32,35). The van der Waals surface area contributed by atoms with Crippen LogP contribution >= 0.6 is 0 Å². The molecular weight excluding hydrogens is 455 g/mol. The number of hydrogen-bond donors (Lipinski definition) is 1. The summed E-state index contributed by atoms with van der Waals surface area (Å²) in [7, 11) is 0. The number of nitrogens with zero attached hydrogens (tertiary/aromatic N) is 3. The molecule has 2 aliphatic rings. The van der Waals surface area contributed by atoms with Crippen molar-refractivity contribution in [1.82, 2.24) is 19.9 Å². The van der Waals surface area contributed by atoms with Gasteiger partial charge in [0.2, 0.25) is 0 Å². The summed E-state index contributed by atoms with van der Waals surface area (Å²) < 4.78 is 22.0. The van der Waals surface area contributed by atoms with Crippen molar-refractivity contribution in [2.75, 3.05) is 6.61 Å². The SMILES string of the molecule is CCOc1nccc(-c2ccc(Cn3ccc4c(F)ccc(C(=O)NC5CC6(CCC6)C5)c43)cc2)n1. The van der Waals surface area contributed by atoms with Crippen molar-refractivity contribution in [3.63, 3.8) is 0 Å². The number of amides is 1. The van der Waals surface area contributed by atoms with Gasteiger partial charge in [-0.05, 0) is 67.9 Å². The van der Waals surface area contributed by atoms with Gasteiger partial charge >= 0.3 is 6.01 Å². The monoisotopic (exact) mass is 484 g/mol. The number of benzene rings is 2. The van der Waals surface area contributed by atoms with Crippen LogP contribution in [0.5, 0.6) is 6.01 Å². The van der Waals surface area contributed by atoms with Crippen molar-refractivity contribution in [1.29, 1.82) is 0 Å². The summed E-state index contributed by atoms with van der Waals surface area (Å²) in [5.74, 6) is -0.440. The Bertz CT molecular complexity index is 1420. The predicted molar refractivity (Wildman–Crippen MR) is 136 cm³/mol. The molecule has 6 nitrogen and oxygen atoms in total. The smallest absolute Gasteiger partial charge is 0.316 e. The van der Waals surface area contributed by atoms with Gasteiger partial charge in [-0.25, -0.2) is 9.37 Å². The number of hydrogen-bond acceptors (Lipinski definition) is 4. The molecule has 0 atom stereocenters. The van der Waals surface area contributed by atoms with Crippen LogP contribution in [0.25, 0.3) is 22.2 Å². The first-order chi connectivity index (χ1) is 17.5. The fourth-order valence-electron chi connectivity index (χ4n) is 5.72. The highest BCUT2D eigenvalue weighted by Crippen LogP contribution is 2.55. The Morgan fingerprint density at radius 1 is 1.14 bits per heavy atom. The molecule has 2 aliphatic carbocycles. The van der Waals surface area contributed by atoms with E-state index in [1.165, 1.54) is 25.3 Å². The third kappa shape index (κ3) is 4.12. The second-order valence-corrected chi connectivity index (χ2v) is 10.1. The van der Waals surface area contributed by atoms with Crippen molar-refractivity contribution < 1.29 is 13.9 Å². The van der Waals surface area contributed by atoms with Crippen LogP contribution in [0.4, 0.5) is 4.39 Å². The summed E-state index contributed by atoms with van der Waals surface area (Å²) in [5, 5.41) is 3.66. The third-order valence-corrected chi connectivity index (χ3v) is 7.73. The molecule has 0 unspecified atom stereocenters. The van der Waals surface area contributed by atoms with E-state index in [0.717, 1.165) is 29.7 Å². The van der Waals surface area contributed by atoms with Gasteiger partial charge in [0.1, 0.15) is 5.82 Å². The van der Waals surface area contributed by atoms with Gasteiger partial charge < -0.3 is 14.6 Å². The van der Waals surface area contributed by atoms with Crippen LogP contribution in [-0.2, 0) is 6.54 Å². The molecule has 2 fully saturated rings. The number of rotatable bonds is 7. The number of carbonyl (C=O) groups excluding carboxylic acids is 1. The van der Waals surface area contributed by atoms with Gasteiger partial charge in [0.15, 0.2) is 0 Å². The first-order valence-electron chi connectivity index (χ1n) is 12.7. The molecule has 2 aromatic carbocycles. The van der Waals surface area contributed by atoms with Crippen LogP contribution in [-0.4, -0.2) is 33.1 Å². The Hall–Kier alpha value is -3.74. The highest BCUT2D eigenvalue weighted by molar-refractivity contribution is 6.06. The van der Waals surface area contributed by atoms with Crippen molar-refractivity contribution in [2.24, 2.45) is 5.41 Å². The summed E-state index contributed by atoms with van der Waals surface area (Å²) in [5.41, 5.74) is 4.41. The lowest BCUT2D eigenvalue weighted by molar-refractivity contribution is -0.000603. The quantitative estimate of drug-likeness (QED) is 0.363. The number of nitrogens with one attached hydrogen (secondary N) is 1. The molecule has 36 heavy (non-hydrogen) atoms. The van der Waals surface area contributed by atoms with Crippen molar-refractivity contribution >= 4 is 16.8 Å². The summed E-state index contributed by atoms with van der Waals surface area (Å²) in [6.45, 7) is 2.93. The van der Waals surface area contributed by atoms with Gasteiger partial charge in [-0.1, -0.05) is 30.7 Å². The van der Waals surface area contributed by atoms with Crippen molar-refractivity contribution in [3.8, 4) is 17.3 Å². The van der Waals surface area contributed by atoms with E-state index < -0.39 is 0 Å². The molecule has 2 heterocycles. The molecule has 2 aromatic heterocycles. The van der Waals surface area contributed by atoms with E-state index in [1.807, 2.05) is 48.0 Å². The van der Waals surface area contributed by atoms with E-state index in [-0.39, 0.29) is 17.8 Å². The Labute approximate surface area is 209 Å². The summed E-state index contributed by atoms with van der Waals surface area (Å²) in [6, 6.07) is 15.2. The predicted octanol–water partition coefficient (Wildman–Crippen LogP) is 5.75. The topological polar surface area (TPSA) is 69.0 Å². The van der Waals surface area contributed by atoms with E-state index in [1.54, 1.807) is 18.3 Å². The molecule has 6 rings (SSSR count). The van der Waals surface area contributed by atoms with Crippen LogP contribution in [0.15, 0.2) is 60.9 Å². The van der Waals surface area contributed by atoms with Gasteiger partial charge in [-0.3, -0.25) is 4.79 Å². The molecule has 0 saturated heterocycles. The fraction of sp³-hybridized carbons (Fsp3) is 0.345. The Morgan fingerprint density at radius 2 is 1.94 bits per heavy atom. The normalized spacial score (nSPS) is 16.5. The first-order valence-corrected chi connectivity index (χ1v) is 12.7. The molecule has 184 valence electrons. The summed E-state index contributed by atoms with van der Waals surface area (Å²) in [6.07, 6.45) is 9.54. The zero-order valence-electron chi connectivity index (χ0n) is 20.3. The highest BCUT2D eigenvalue weighted by Gasteiger charge is 2.48. The van der Waals surface area contributed by atoms with Crippen LogP contribution in [0.3, 0.4) is 0 Å². The van der Waals surface area contributed by atoms with Gasteiger partial charge in [-0.2, -0.15) is 4.98 Å². The Balaban J connectivity index is 1.23. The fourth-order valence-corrected chi connectivity index (χ4v) is 5.72. The molecule has 1 spiro atoms. The van der Waals surface area contributed by atoms with Crippen molar-refractivity contribution in [2.45, 2.75) is 51.6 Å². The number of carbonyl (C=O) groups is 1. The molecule has 1 amide bonds. The third-order valence-electron chi connectivity index (χ3n) is 7.73. The maximum atomic E-state index is 14.6. The molecule has 0 radical (unpaired) electrons. The van der Waals surface area contributed by atoms with Gasteiger partial charge in [-0.15, -0.1) is 0 Å². The molecule has 2 saturated carbocycles. The number of fused-ring (bicyclic) bond motifs is 1. The van der Waals surface area contributed by atoms with Gasteiger partial charge in [0, 0.05) is 35.9 Å². The number of ether oxygens (including phenoxy) is 1. The molecule has 1 N–H and O–H groups in total. The second-order valence-electron chi connectivity index (χ2n) is 10.1. The highest BCUT2D eigenvalue weighted by atomic mass is 19.1. The average Bonchev–Trinajstić information content (AvgIpc) is 3.25. The van der Waals surface area contributed by atoms with E-state index >= 15 is 0 Å². The van der Waals surface area contributed by atoms with Crippen LogP contribution in [0, 0.1) is 11.2 Å². The number of aromatic nitrogens is 3. The van der Waals surface area contributed by atoms with Crippen LogP contribution in [0.2, 0.25) is 0 Å². The molecule has 0 bridgehead atoms. The average molecular weight is 485 g/mol. The van der Waals surface area contributed by atoms with Crippen LogP contribution in [0.1, 0.15) is 54.9 Å². The van der Waals surface area contributed by atoms with Crippen LogP contribution < -0.4 is 10.1 Å². The maximum Gasteiger partial charge on any atom is 0.316 e. The van der Waals surface area contributed by atoms with Gasteiger partial charge in [0.25, 0.3) is 5.91 Å².